The van der Waals surface area contributed by atoms with Crippen molar-refractivity contribution >= 4 is 0 Å². The van der Waals surface area contributed by atoms with E-state index in [1.54, 1.807) is 0 Å². The highest BCUT2D eigenvalue weighted by molar-refractivity contribution is 5.22. The molecule has 1 fully saturated rings. The molecule has 100 valence electrons. The molecule has 1 atom stereocenters. The number of hydrogen-bond donors (Lipinski definition) is 2. The molecule has 0 aliphatic carbocycles. The summed E-state index contributed by atoms with van der Waals surface area (Å²) >= 11 is 0. The lowest BCUT2D eigenvalue weighted by molar-refractivity contribution is 0.139. The molecule has 1 aliphatic heterocycles. The molecule has 1 saturated heterocycles. The maximum absolute atomic E-state index is 9.04. The van der Waals surface area contributed by atoms with Gasteiger partial charge in [-0.25, -0.2) is 0 Å². The Hall–Kier alpha value is -0.900. The van der Waals surface area contributed by atoms with E-state index in [0.29, 0.717) is 6.04 Å². The lowest BCUT2D eigenvalue weighted by Crippen LogP contribution is -2.44. The van der Waals surface area contributed by atoms with Crippen LogP contribution in [0.15, 0.2) is 24.3 Å². The zero-order valence-corrected chi connectivity index (χ0v) is 11.2. The van der Waals surface area contributed by atoms with Crippen LogP contribution in [0.1, 0.15) is 30.4 Å². The third-order valence-corrected chi connectivity index (χ3v) is 3.78. The first-order valence-corrected chi connectivity index (χ1v) is 6.91. The molecule has 0 amide bonds. The molecule has 2 rings (SSSR count). The van der Waals surface area contributed by atoms with Crippen molar-refractivity contribution in [2.24, 2.45) is 0 Å². The van der Waals surface area contributed by atoms with E-state index in [2.05, 4.69) is 22.3 Å². The van der Waals surface area contributed by atoms with Gasteiger partial charge in [-0.3, -0.25) is 4.90 Å². The number of likely N-dealkylation sites (N-methyl/N-ethyl adjacent to an activating group) is 1. The molecule has 1 heterocycles. The van der Waals surface area contributed by atoms with Crippen molar-refractivity contribution in [3.05, 3.63) is 35.4 Å². The average molecular weight is 248 g/mol. The van der Waals surface area contributed by atoms with E-state index in [1.165, 1.54) is 31.4 Å². The van der Waals surface area contributed by atoms with Gasteiger partial charge in [-0.2, -0.15) is 0 Å². The molecule has 0 saturated carbocycles. The van der Waals surface area contributed by atoms with E-state index in [1.807, 2.05) is 19.2 Å². The van der Waals surface area contributed by atoms with Crippen LogP contribution in [-0.4, -0.2) is 36.2 Å². The fraction of sp³-hybridized carbons (Fsp3) is 0.600. The van der Waals surface area contributed by atoms with E-state index >= 15 is 0 Å². The Labute approximate surface area is 110 Å². The Morgan fingerprint density at radius 2 is 1.94 bits per heavy atom. The largest absolute Gasteiger partial charge is 0.392 e. The second kappa shape index (κ2) is 6.88. The van der Waals surface area contributed by atoms with E-state index in [0.717, 1.165) is 18.7 Å². The lowest BCUT2D eigenvalue weighted by Gasteiger charge is -2.35. The summed E-state index contributed by atoms with van der Waals surface area (Å²) in [6.45, 7) is 3.44. The summed E-state index contributed by atoms with van der Waals surface area (Å²) in [5.74, 6) is 0. The van der Waals surface area contributed by atoms with Crippen LogP contribution in [0.3, 0.4) is 0 Å². The third-order valence-electron chi connectivity index (χ3n) is 3.78. The maximum Gasteiger partial charge on any atom is 0.0681 e. The number of rotatable bonds is 5. The van der Waals surface area contributed by atoms with Gasteiger partial charge in [0.25, 0.3) is 0 Å². The Morgan fingerprint density at radius 3 is 2.61 bits per heavy atom. The molecule has 3 nitrogen and oxygen atoms in total. The summed E-state index contributed by atoms with van der Waals surface area (Å²) < 4.78 is 0. The molecule has 2 N–H and O–H groups in total. The summed E-state index contributed by atoms with van der Waals surface area (Å²) in [5, 5.41) is 12.3. The predicted octanol–water partition coefficient (Wildman–Crippen LogP) is 1.75. The van der Waals surface area contributed by atoms with Crippen molar-refractivity contribution in [3.63, 3.8) is 0 Å². The normalized spacial score (nSPS) is 21.1. The van der Waals surface area contributed by atoms with Gasteiger partial charge in [0.05, 0.1) is 6.61 Å². The standard InChI is InChI=1S/C15H24N2O/c1-16-10-15-4-2-3-9-17(15)11-13-5-7-14(12-18)8-6-13/h5-8,15-16,18H,2-4,9-12H2,1H3. The third kappa shape index (κ3) is 3.55. The molecule has 18 heavy (non-hydrogen) atoms. The summed E-state index contributed by atoms with van der Waals surface area (Å²) in [6, 6.07) is 8.98. The van der Waals surface area contributed by atoms with Crippen molar-refractivity contribution in [3.8, 4) is 0 Å². The van der Waals surface area contributed by atoms with Crippen molar-refractivity contribution in [2.75, 3.05) is 20.1 Å². The fourth-order valence-electron chi connectivity index (χ4n) is 2.72. The van der Waals surface area contributed by atoms with Crippen LogP contribution in [-0.2, 0) is 13.2 Å². The number of nitrogens with one attached hydrogen (secondary N) is 1. The minimum atomic E-state index is 0.131. The number of hydrogen-bond acceptors (Lipinski definition) is 3. The van der Waals surface area contributed by atoms with Gasteiger partial charge in [-0.15, -0.1) is 0 Å². The molecule has 1 unspecified atom stereocenters. The number of likely N-dealkylation sites (tertiary alicyclic amines) is 1. The van der Waals surface area contributed by atoms with Gasteiger partial charge in [-0.05, 0) is 37.6 Å². The van der Waals surface area contributed by atoms with Gasteiger partial charge < -0.3 is 10.4 Å². The summed E-state index contributed by atoms with van der Waals surface area (Å²) in [7, 11) is 2.03. The summed E-state index contributed by atoms with van der Waals surface area (Å²) in [4.78, 5) is 2.58. The van der Waals surface area contributed by atoms with Gasteiger partial charge in [0.1, 0.15) is 0 Å². The fourth-order valence-corrected chi connectivity index (χ4v) is 2.72. The van der Waals surface area contributed by atoms with Crippen molar-refractivity contribution < 1.29 is 5.11 Å². The Morgan fingerprint density at radius 1 is 1.22 bits per heavy atom. The van der Waals surface area contributed by atoms with Crippen LogP contribution < -0.4 is 5.32 Å². The zero-order valence-electron chi connectivity index (χ0n) is 11.2. The van der Waals surface area contributed by atoms with Gasteiger partial charge >= 0.3 is 0 Å². The van der Waals surface area contributed by atoms with E-state index in [-0.39, 0.29) is 6.61 Å². The molecule has 1 aromatic rings. The minimum absolute atomic E-state index is 0.131. The van der Waals surface area contributed by atoms with Crippen LogP contribution in [0.5, 0.6) is 0 Å². The molecule has 0 bridgehead atoms. The summed E-state index contributed by atoms with van der Waals surface area (Å²) in [5.41, 5.74) is 2.33. The highest BCUT2D eigenvalue weighted by Gasteiger charge is 2.21. The quantitative estimate of drug-likeness (QED) is 0.833. The number of piperidine rings is 1. The molecular formula is C15H24N2O. The second-order valence-electron chi connectivity index (χ2n) is 5.15. The number of nitrogens with zero attached hydrogens (tertiary/aromatic N) is 1. The first kappa shape index (κ1) is 13.5. The Balaban J connectivity index is 1.96. The zero-order chi connectivity index (χ0) is 12.8. The van der Waals surface area contributed by atoms with E-state index in [9.17, 15) is 0 Å². The number of aliphatic hydroxyl groups excluding tert-OH is 1. The monoisotopic (exact) mass is 248 g/mol. The van der Waals surface area contributed by atoms with Crippen LogP contribution in [0.25, 0.3) is 0 Å². The smallest absolute Gasteiger partial charge is 0.0681 e. The van der Waals surface area contributed by atoms with Crippen molar-refractivity contribution in [2.45, 2.75) is 38.5 Å². The summed E-state index contributed by atoms with van der Waals surface area (Å²) in [6.07, 6.45) is 3.97. The highest BCUT2D eigenvalue weighted by Crippen LogP contribution is 2.19. The molecular weight excluding hydrogens is 224 g/mol. The highest BCUT2D eigenvalue weighted by atomic mass is 16.3. The lowest BCUT2D eigenvalue weighted by atomic mass is 10.0. The maximum atomic E-state index is 9.04. The molecule has 1 aliphatic rings. The Kier molecular flexibility index (Phi) is 5.17. The molecule has 0 radical (unpaired) electrons. The molecule has 1 aromatic carbocycles. The molecule has 0 spiro atoms. The number of aliphatic hydroxyl groups is 1. The van der Waals surface area contributed by atoms with Crippen LogP contribution in [0, 0.1) is 0 Å². The minimum Gasteiger partial charge on any atom is -0.392 e. The van der Waals surface area contributed by atoms with Crippen LogP contribution in [0.2, 0.25) is 0 Å². The number of benzene rings is 1. The molecule has 0 aromatic heterocycles. The topological polar surface area (TPSA) is 35.5 Å². The average Bonchev–Trinajstić information content (AvgIpc) is 2.42. The van der Waals surface area contributed by atoms with Gasteiger partial charge in [-0.1, -0.05) is 30.7 Å². The van der Waals surface area contributed by atoms with E-state index < -0.39 is 0 Å². The Bertz CT molecular complexity index is 348. The second-order valence-corrected chi connectivity index (χ2v) is 5.15. The van der Waals surface area contributed by atoms with Crippen molar-refractivity contribution in [1.82, 2.24) is 10.2 Å². The first-order valence-electron chi connectivity index (χ1n) is 6.91. The van der Waals surface area contributed by atoms with E-state index in [4.69, 9.17) is 5.11 Å². The SMILES string of the molecule is CNCC1CCCCN1Cc1ccc(CO)cc1. The van der Waals surface area contributed by atoms with Gasteiger partial charge in [0.2, 0.25) is 0 Å². The van der Waals surface area contributed by atoms with Gasteiger partial charge in [0, 0.05) is 19.1 Å². The first-order chi connectivity index (χ1) is 8.83. The van der Waals surface area contributed by atoms with Crippen molar-refractivity contribution in [1.29, 1.82) is 0 Å². The van der Waals surface area contributed by atoms with Crippen LogP contribution in [0.4, 0.5) is 0 Å². The molecule has 3 heteroatoms. The van der Waals surface area contributed by atoms with Crippen LogP contribution >= 0.6 is 0 Å². The predicted molar refractivity (Wildman–Crippen MR) is 74.3 cm³/mol. The van der Waals surface area contributed by atoms with Gasteiger partial charge in [0.15, 0.2) is 0 Å².